The molecule has 0 fully saturated rings. The second kappa shape index (κ2) is 11.8. The fraction of sp³-hybridized carbons (Fsp3) is 0.138. The van der Waals surface area contributed by atoms with Gasteiger partial charge < -0.3 is 15.7 Å². The summed E-state index contributed by atoms with van der Waals surface area (Å²) in [6, 6.07) is 18.8. The number of aromatic nitrogens is 1. The number of anilines is 1. The maximum absolute atomic E-state index is 14.2. The number of nitrogens with one attached hydrogen (secondary N) is 2. The number of carbonyl (C=O) groups excluding carboxylic acids is 1. The monoisotopic (exact) mass is 535 g/mol. The summed E-state index contributed by atoms with van der Waals surface area (Å²) in [5.74, 6) is -3.56. The lowest BCUT2D eigenvalue weighted by Crippen LogP contribution is -2.26. The zero-order chi connectivity index (χ0) is 27.2. The normalized spacial score (nSPS) is 10.7. The molecule has 38 heavy (non-hydrogen) atoms. The minimum atomic E-state index is -1.03. The van der Waals surface area contributed by atoms with Crippen LogP contribution in [0.4, 0.5) is 14.5 Å². The number of rotatable bonds is 9. The minimum Gasteiger partial charge on any atom is -0.481 e. The summed E-state index contributed by atoms with van der Waals surface area (Å²) in [6.07, 6.45) is 1.17. The molecular formula is C29H24ClF2N3O3. The van der Waals surface area contributed by atoms with E-state index in [1.807, 2.05) is 43.3 Å². The third-order valence-corrected chi connectivity index (χ3v) is 6.21. The van der Waals surface area contributed by atoms with E-state index in [0.29, 0.717) is 27.4 Å². The molecule has 0 radical (unpaired) electrons. The fourth-order valence-electron chi connectivity index (χ4n) is 3.85. The molecular weight excluding hydrogens is 512 g/mol. The van der Waals surface area contributed by atoms with Gasteiger partial charge in [-0.1, -0.05) is 53.6 Å². The Hall–Kier alpha value is -4.30. The maximum atomic E-state index is 14.2. The summed E-state index contributed by atoms with van der Waals surface area (Å²) in [5.41, 5.74) is 5.15. The van der Waals surface area contributed by atoms with E-state index in [9.17, 15) is 18.4 Å². The van der Waals surface area contributed by atoms with E-state index in [1.165, 1.54) is 12.3 Å². The molecule has 0 atom stereocenters. The van der Waals surface area contributed by atoms with Crippen molar-refractivity contribution in [3.8, 4) is 22.3 Å². The number of aliphatic carboxylic acids is 1. The molecule has 0 saturated carbocycles. The Morgan fingerprint density at radius 2 is 1.63 bits per heavy atom. The molecule has 1 aromatic heterocycles. The van der Waals surface area contributed by atoms with Gasteiger partial charge in [0, 0.05) is 36.1 Å². The summed E-state index contributed by atoms with van der Waals surface area (Å²) in [7, 11) is 0. The lowest BCUT2D eigenvalue weighted by Gasteiger charge is -2.14. The average molecular weight is 536 g/mol. The van der Waals surface area contributed by atoms with Gasteiger partial charge in [0.25, 0.3) is 5.91 Å². The summed E-state index contributed by atoms with van der Waals surface area (Å²) in [6.45, 7) is 2.15. The number of halogens is 3. The average Bonchev–Trinajstić information content (AvgIpc) is 2.89. The molecule has 4 rings (SSSR count). The topological polar surface area (TPSA) is 91.3 Å². The van der Waals surface area contributed by atoms with Crippen LogP contribution in [0.5, 0.6) is 0 Å². The number of aryl methyl sites for hydroxylation is 1. The molecule has 0 spiro atoms. The van der Waals surface area contributed by atoms with Crippen molar-refractivity contribution in [1.82, 2.24) is 10.3 Å². The second-order valence-electron chi connectivity index (χ2n) is 8.67. The number of hydrogen-bond acceptors (Lipinski definition) is 4. The molecule has 3 N–H and O–H groups in total. The first-order chi connectivity index (χ1) is 18.2. The van der Waals surface area contributed by atoms with Crippen LogP contribution in [0.15, 0.2) is 72.9 Å². The predicted octanol–water partition coefficient (Wildman–Crippen LogP) is 6.47. The lowest BCUT2D eigenvalue weighted by atomic mass is 10.00. The van der Waals surface area contributed by atoms with E-state index >= 15 is 0 Å². The van der Waals surface area contributed by atoms with Gasteiger partial charge >= 0.3 is 5.97 Å². The van der Waals surface area contributed by atoms with Gasteiger partial charge in [0.05, 0.1) is 11.4 Å². The lowest BCUT2D eigenvalue weighted by molar-refractivity contribution is -0.136. The zero-order valence-electron chi connectivity index (χ0n) is 20.4. The van der Waals surface area contributed by atoms with E-state index in [2.05, 4.69) is 15.6 Å². The van der Waals surface area contributed by atoms with E-state index in [1.54, 1.807) is 12.1 Å². The molecule has 6 nitrogen and oxygen atoms in total. The van der Waals surface area contributed by atoms with Crippen LogP contribution in [-0.4, -0.2) is 28.5 Å². The number of hydrogen-bond donors (Lipinski definition) is 3. The number of carboxylic acid groups (broad SMARTS) is 1. The van der Waals surface area contributed by atoms with Gasteiger partial charge in [-0.3, -0.25) is 14.6 Å². The van der Waals surface area contributed by atoms with Crippen molar-refractivity contribution in [2.24, 2.45) is 0 Å². The quantitative estimate of drug-likeness (QED) is 0.228. The smallest absolute Gasteiger partial charge is 0.305 e. The number of carbonyl (C=O) groups is 2. The number of carboxylic acids is 1. The van der Waals surface area contributed by atoms with Gasteiger partial charge in [-0.25, -0.2) is 8.78 Å². The van der Waals surface area contributed by atoms with Crippen LogP contribution in [0.3, 0.4) is 0 Å². The van der Waals surface area contributed by atoms with Crippen LogP contribution in [0.2, 0.25) is 5.02 Å². The standard InChI is InChI=1S/C29H24ClF2N3O3/c1-17-2-4-18(5-3-17)22-8-7-21(13-24(22)30)34-16-20-12-25(31)26(32)14-23(20)19-6-9-27(35-15-19)29(38)33-11-10-28(36)37/h2-9,12-15,34H,10-11,16H2,1H3,(H,33,38)(H,36,37). The molecule has 9 heteroatoms. The molecule has 194 valence electrons. The second-order valence-corrected chi connectivity index (χ2v) is 9.08. The Balaban J connectivity index is 1.51. The first-order valence-corrected chi connectivity index (χ1v) is 12.1. The number of benzene rings is 3. The first kappa shape index (κ1) is 26.8. The SMILES string of the molecule is Cc1ccc(-c2ccc(NCc3cc(F)c(F)cc3-c3ccc(C(=O)NCCC(=O)O)nc3)cc2Cl)cc1. The highest BCUT2D eigenvalue weighted by molar-refractivity contribution is 6.33. The molecule has 1 amide bonds. The number of amides is 1. The van der Waals surface area contributed by atoms with Crippen LogP contribution in [0.1, 0.15) is 28.0 Å². The number of nitrogens with zero attached hydrogens (tertiary/aromatic N) is 1. The van der Waals surface area contributed by atoms with E-state index < -0.39 is 23.5 Å². The van der Waals surface area contributed by atoms with Crippen molar-refractivity contribution in [3.63, 3.8) is 0 Å². The van der Waals surface area contributed by atoms with Gasteiger partial charge in [0.2, 0.25) is 0 Å². The fourth-order valence-corrected chi connectivity index (χ4v) is 4.14. The molecule has 0 aliphatic rings. The highest BCUT2D eigenvalue weighted by Gasteiger charge is 2.14. The van der Waals surface area contributed by atoms with Gasteiger partial charge in [0.1, 0.15) is 5.69 Å². The molecule has 0 aliphatic carbocycles. The Labute approximate surface area is 223 Å². The van der Waals surface area contributed by atoms with Crippen LogP contribution in [-0.2, 0) is 11.3 Å². The Morgan fingerprint density at radius 1 is 0.921 bits per heavy atom. The Bertz CT molecular complexity index is 1480. The summed E-state index contributed by atoms with van der Waals surface area (Å²) < 4.78 is 28.3. The van der Waals surface area contributed by atoms with Crippen molar-refractivity contribution in [2.75, 3.05) is 11.9 Å². The van der Waals surface area contributed by atoms with E-state index in [4.69, 9.17) is 16.7 Å². The largest absolute Gasteiger partial charge is 0.481 e. The zero-order valence-corrected chi connectivity index (χ0v) is 21.2. The highest BCUT2D eigenvalue weighted by atomic mass is 35.5. The third kappa shape index (κ3) is 6.52. The van der Waals surface area contributed by atoms with Gasteiger partial charge in [-0.15, -0.1) is 0 Å². The van der Waals surface area contributed by atoms with E-state index in [0.717, 1.165) is 28.8 Å². The van der Waals surface area contributed by atoms with Crippen molar-refractivity contribution in [2.45, 2.75) is 19.9 Å². The van der Waals surface area contributed by atoms with Crippen LogP contribution in [0.25, 0.3) is 22.3 Å². The van der Waals surface area contributed by atoms with E-state index in [-0.39, 0.29) is 25.2 Å². The Kier molecular flexibility index (Phi) is 8.33. The predicted molar refractivity (Wildman–Crippen MR) is 143 cm³/mol. The van der Waals surface area contributed by atoms with Gasteiger partial charge in [-0.2, -0.15) is 0 Å². The Morgan fingerprint density at radius 3 is 2.29 bits per heavy atom. The molecule has 3 aromatic carbocycles. The molecule has 0 bridgehead atoms. The third-order valence-electron chi connectivity index (χ3n) is 5.89. The maximum Gasteiger partial charge on any atom is 0.305 e. The minimum absolute atomic E-state index is 0.0351. The van der Waals surface area contributed by atoms with Gasteiger partial charge in [0.15, 0.2) is 11.6 Å². The van der Waals surface area contributed by atoms with Crippen molar-refractivity contribution in [1.29, 1.82) is 0 Å². The van der Waals surface area contributed by atoms with Crippen molar-refractivity contribution < 1.29 is 23.5 Å². The highest BCUT2D eigenvalue weighted by Crippen LogP contribution is 2.32. The first-order valence-electron chi connectivity index (χ1n) is 11.8. The summed E-state index contributed by atoms with van der Waals surface area (Å²) in [5, 5.41) is 14.9. The van der Waals surface area contributed by atoms with Gasteiger partial charge in [-0.05, 0) is 53.9 Å². The number of pyridine rings is 1. The molecule has 1 heterocycles. The molecule has 0 unspecified atom stereocenters. The summed E-state index contributed by atoms with van der Waals surface area (Å²) in [4.78, 5) is 26.9. The van der Waals surface area contributed by atoms with Crippen LogP contribution < -0.4 is 10.6 Å². The van der Waals surface area contributed by atoms with Crippen molar-refractivity contribution >= 4 is 29.2 Å². The molecule has 0 aliphatic heterocycles. The van der Waals surface area contributed by atoms with Crippen LogP contribution >= 0.6 is 11.6 Å². The molecule has 0 saturated heterocycles. The molecule has 4 aromatic rings. The van der Waals surface area contributed by atoms with Crippen LogP contribution in [0, 0.1) is 18.6 Å². The summed E-state index contributed by atoms with van der Waals surface area (Å²) >= 11 is 6.53. The van der Waals surface area contributed by atoms with Crippen molar-refractivity contribution in [3.05, 3.63) is 106 Å².